The van der Waals surface area contributed by atoms with Gasteiger partial charge in [0.15, 0.2) is 0 Å². The van der Waals surface area contributed by atoms with E-state index in [1.54, 1.807) is 13.0 Å². The van der Waals surface area contributed by atoms with Gasteiger partial charge in [-0.3, -0.25) is 14.9 Å². The Morgan fingerprint density at radius 3 is 2.96 bits per heavy atom. The van der Waals surface area contributed by atoms with Crippen LogP contribution in [0.2, 0.25) is 0 Å². The highest BCUT2D eigenvalue weighted by atomic mass is 16.6. The lowest BCUT2D eigenvalue weighted by Crippen LogP contribution is -2.45. The number of piperidine rings is 1. The summed E-state index contributed by atoms with van der Waals surface area (Å²) in [6.45, 7) is 7.27. The van der Waals surface area contributed by atoms with Crippen molar-refractivity contribution in [1.29, 1.82) is 0 Å². The molecule has 1 saturated heterocycles. The van der Waals surface area contributed by atoms with Gasteiger partial charge in [0.25, 0.3) is 5.69 Å². The van der Waals surface area contributed by atoms with Crippen molar-refractivity contribution in [3.05, 3.63) is 27.9 Å². The predicted octanol–water partition coefficient (Wildman–Crippen LogP) is 2.82. The van der Waals surface area contributed by atoms with Crippen molar-refractivity contribution < 1.29 is 9.72 Å². The van der Waals surface area contributed by atoms with Crippen molar-refractivity contribution >= 4 is 17.4 Å². The summed E-state index contributed by atoms with van der Waals surface area (Å²) in [6.07, 6.45) is 5.11. The first-order chi connectivity index (χ1) is 11.4. The maximum absolute atomic E-state index is 12.4. The molecular formula is C17H26N4O3. The number of hydrogen-bond acceptors (Lipinski definition) is 5. The van der Waals surface area contributed by atoms with E-state index < -0.39 is 4.92 Å². The van der Waals surface area contributed by atoms with Gasteiger partial charge >= 0.3 is 0 Å². The second kappa shape index (κ2) is 8.08. The number of carbonyl (C=O) groups is 1. The van der Waals surface area contributed by atoms with E-state index >= 15 is 0 Å². The normalized spacial score (nSPS) is 19.0. The minimum Gasteiger partial charge on any atom is -0.356 e. The molecule has 0 spiro atoms. The average Bonchev–Trinajstić information content (AvgIpc) is 2.54. The van der Waals surface area contributed by atoms with Crippen molar-refractivity contribution in [2.45, 2.75) is 52.5 Å². The third kappa shape index (κ3) is 4.43. The van der Waals surface area contributed by atoms with Crippen molar-refractivity contribution in [2.75, 3.05) is 18.0 Å². The molecule has 0 aliphatic carbocycles. The van der Waals surface area contributed by atoms with E-state index in [9.17, 15) is 14.9 Å². The van der Waals surface area contributed by atoms with Crippen LogP contribution >= 0.6 is 0 Å². The molecule has 2 atom stereocenters. The molecule has 1 fully saturated rings. The first-order valence-corrected chi connectivity index (χ1v) is 8.58. The van der Waals surface area contributed by atoms with Gasteiger partial charge in [0.05, 0.1) is 10.8 Å². The second-order valence-electron chi connectivity index (χ2n) is 6.57. The van der Waals surface area contributed by atoms with Gasteiger partial charge in [0.2, 0.25) is 5.91 Å². The zero-order chi connectivity index (χ0) is 17.7. The molecule has 1 aromatic rings. The smallest absolute Gasteiger partial charge is 0.290 e. The number of carbonyl (C=O) groups excluding carboxylic acids is 1. The number of pyridine rings is 1. The summed E-state index contributed by atoms with van der Waals surface area (Å²) < 4.78 is 0. The maximum atomic E-state index is 12.4. The Morgan fingerprint density at radius 2 is 2.33 bits per heavy atom. The van der Waals surface area contributed by atoms with Gasteiger partial charge in [-0.25, -0.2) is 4.98 Å². The number of nitro groups is 1. The van der Waals surface area contributed by atoms with E-state index in [0.717, 1.165) is 32.2 Å². The molecule has 1 aromatic heterocycles. The lowest BCUT2D eigenvalue weighted by atomic mass is 9.96. The van der Waals surface area contributed by atoms with Crippen LogP contribution in [0.1, 0.15) is 45.1 Å². The van der Waals surface area contributed by atoms with Crippen LogP contribution in [0.3, 0.4) is 0 Å². The highest BCUT2D eigenvalue weighted by Crippen LogP contribution is 2.25. The van der Waals surface area contributed by atoms with Crippen LogP contribution in [-0.4, -0.2) is 34.9 Å². The van der Waals surface area contributed by atoms with E-state index in [1.165, 1.54) is 6.20 Å². The first kappa shape index (κ1) is 18.2. The molecule has 1 amide bonds. The molecular weight excluding hydrogens is 308 g/mol. The Hall–Kier alpha value is -2.18. The zero-order valence-electron chi connectivity index (χ0n) is 14.6. The van der Waals surface area contributed by atoms with Crippen LogP contribution in [0.25, 0.3) is 0 Å². The van der Waals surface area contributed by atoms with E-state index in [2.05, 4.69) is 22.1 Å². The fourth-order valence-electron chi connectivity index (χ4n) is 3.16. The first-order valence-electron chi connectivity index (χ1n) is 8.58. The molecule has 1 N–H and O–H groups in total. The molecule has 24 heavy (non-hydrogen) atoms. The summed E-state index contributed by atoms with van der Waals surface area (Å²) in [5.41, 5.74) is 0.617. The summed E-state index contributed by atoms with van der Waals surface area (Å²) >= 11 is 0. The number of rotatable bonds is 6. The van der Waals surface area contributed by atoms with Gasteiger partial charge in [-0.05, 0) is 39.2 Å². The maximum Gasteiger partial charge on any atom is 0.290 e. The minimum atomic E-state index is -0.423. The number of amides is 1. The zero-order valence-corrected chi connectivity index (χ0v) is 14.6. The minimum absolute atomic E-state index is 0.0263. The van der Waals surface area contributed by atoms with Crippen LogP contribution in [0, 0.1) is 23.0 Å². The lowest BCUT2D eigenvalue weighted by molar-refractivity contribution is -0.385. The van der Waals surface area contributed by atoms with E-state index in [1.807, 2.05) is 6.92 Å². The van der Waals surface area contributed by atoms with Crippen LogP contribution in [0.5, 0.6) is 0 Å². The molecule has 0 bridgehead atoms. The molecule has 7 heteroatoms. The molecule has 0 saturated carbocycles. The monoisotopic (exact) mass is 334 g/mol. The molecule has 2 heterocycles. The SMILES string of the molecule is CCCC(C)NC(=O)C1CCCN(c2cc(C)c([N+](=O)[O-])cn2)C1. The Balaban J connectivity index is 2.04. The van der Waals surface area contributed by atoms with Crippen LogP contribution in [-0.2, 0) is 4.79 Å². The average molecular weight is 334 g/mol. The quantitative estimate of drug-likeness (QED) is 0.638. The van der Waals surface area contributed by atoms with E-state index in [0.29, 0.717) is 17.9 Å². The molecule has 2 unspecified atom stereocenters. The number of nitrogens with zero attached hydrogens (tertiary/aromatic N) is 3. The molecule has 1 aliphatic heterocycles. The number of hydrogen-bond donors (Lipinski definition) is 1. The molecule has 0 radical (unpaired) electrons. The summed E-state index contributed by atoms with van der Waals surface area (Å²) in [5.74, 6) is 0.742. The van der Waals surface area contributed by atoms with Gasteiger partial charge < -0.3 is 10.2 Å². The Bertz CT molecular complexity index is 605. The predicted molar refractivity (Wildman–Crippen MR) is 93.1 cm³/mol. The van der Waals surface area contributed by atoms with Gasteiger partial charge in [0.1, 0.15) is 12.0 Å². The second-order valence-corrected chi connectivity index (χ2v) is 6.57. The standard InChI is InChI=1S/C17H26N4O3/c1-4-6-13(3)19-17(22)14-7-5-8-20(11-14)16-9-12(2)15(10-18-16)21(23)24/h9-10,13-14H,4-8,11H2,1-3H3,(H,19,22). The third-order valence-electron chi connectivity index (χ3n) is 4.49. The van der Waals surface area contributed by atoms with Gasteiger partial charge in [-0.1, -0.05) is 13.3 Å². The van der Waals surface area contributed by atoms with Gasteiger partial charge in [0, 0.05) is 24.7 Å². The molecule has 132 valence electrons. The Labute approximate surface area is 142 Å². The summed E-state index contributed by atoms with van der Waals surface area (Å²) in [4.78, 5) is 29.2. The third-order valence-corrected chi connectivity index (χ3v) is 4.49. The van der Waals surface area contributed by atoms with Gasteiger partial charge in [-0.15, -0.1) is 0 Å². The Kier molecular flexibility index (Phi) is 6.11. The van der Waals surface area contributed by atoms with Crippen molar-refractivity contribution in [2.24, 2.45) is 5.92 Å². The van der Waals surface area contributed by atoms with E-state index in [4.69, 9.17) is 0 Å². The lowest BCUT2D eigenvalue weighted by Gasteiger charge is -2.33. The highest BCUT2D eigenvalue weighted by molar-refractivity contribution is 5.79. The van der Waals surface area contributed by atoms with Crippen LogP contribution in [0.15, 0.2) is 12.3 Å². The Morgan fingerprint density at radius 1 is 1.58 bits per heavy atom. The fraction of sp³-hybridized carbons (Fsp3) is 0.647. The number of nitrogens with one attached hydrogen (secondary N) is 1. The topological polar surface area (TPSA) is 88.4 Å². The van der Waals surface area contributed by atoms with Crippen LogP contribution in [0.4, 0.5) is 11.5 Å². The number of aryl methyl sites for hydroxylation is 1. The largest absolute Gasteiger partial charge is 0.356 e. The molecule has 2 rings (SSSR count). The fourth-order valence-corrected chi connectivity index (χ4v) is 3.16. The van der Waals surface area contributed by atoms with Crippen molar-refractivity contribution in [3.63, 3.8) is 0 Å². The van der Waals surface area contributed by atoms with Crippen LogP contribution < -0.4 is 10.2 Å². The highest BCUT2D eigenvalue weighted by Gasteiger charge is 2.27. The number of aromatic nitrogens is 1. The summed E-state index contributed by atoms with van der Waals surface area (Å²) in [5, 5.41) is 14.0. The van der Waals surface area contributed by atoms with Crippen molar-refractivity contribution in [3.8, 4) is 0 Å². The summed E-state index contributed by atoms with van der Waals surface area (Å²) in [6, 6.07) is 1.93. The molecule has 0 aromatic carbocycles. The van der Waals surface area contributed by atoms with Crippen molar-refractivity contribution in [1.82, 2.24) is 10.3 Å². The molecule has 7 nitrogen and oxygen atoms in total. The van der Waals surface area contributed by atoms with E-state index in [-0.39, 0.29) is 23.6 Å². The molecule has 1 aliphatic rings. The summed E-state index contributed by atoms with van der Waals surface area (Å²) in [7, 11) is 0. The number of anilines is 1. The van der Waals surface area contributed by atoms with Gasteiger partial charge in [-0.2, -0.15) is 0 Å².